The largest absolute Gasteiger partial charge is 0.469 e. The second-order valence-electron chi connectivity index (χ2n) is 2.57. The van der Waals surface area contributed by atoms with Gasteiger partial charge in [0.2, 0.25) is 0 Å². The number of hydrogen-bond acceptors (Lipinski definition) is 7. The fourth-order valence-electron chi connectivity index (χ4n) is 0.265. The zero-order chi connectivity index (χ0) is 15.2. The molecule has 0 aromatic carbocycles. The zero-order valence-electron chi connectivity index (χ0n) is 10.3. The normalized spacial score (nSPS) is 13.1. The predicted octanol–water partition coefficient (Wildman–Crippen LogP) is -1.85. The molecule has 0 saturated carbocycles. The van der Waals surface area contributed by atoms with Gasteiger partial charge in [0.05, 0.1) is 25.3 Å². The Morgan fingerprint density at radius 1 is 1.17 bits per heavy atom. The molecule has 0 rings (SSSR count). The molecule has 110 valence electrons. The van der Waals surface area contributed by atoms with Gasteiger partial charge in [-0.05, 0) is 0 Å². The first kappa shape index (κ1) is 22.5. The third-order valence-electron chi connectivity index (χ3n) is 0.996. The maximum atomic E-state index is 9.95. The highest BCUT2D eigenvalue weighted by atomic mass is 31.2. The van der Waals surface area contributed by atoms with Crippen molar-refractivity contribution in [3.05, 3.63) is 0 Å². The van der Waals surface area contributed by atoms with E-state index in [4.69, 9.17) is 26.4 Å². The number of phosphoric ester groups is 1. The zero-order valence-corrected chi connectivity index (χ0v) is 11.2. The summed E-state index contributed by atoms with van der Waals surface area (Å²) in [7, 11) is -4.47. The van der Waals surface area contributed by atoms with Crippen LogP contribution in [-0.2, 0) is 18.7 Å². The van der Waals surface area contributed by atoms with Crippen molar-refractivity contribution in [2.75, 3.05) is 13.2 Å². The molecule has 0 fully saturated rings. The van der Waals surface area contributed by atoms with Crippen molar-refractivity contribution in [2.45, 2.75) is 25.9 Å². The summed E-state index contributed by atoms with van der Waals surface area (Å²) in [5, 5.41) is 7.98. The second kappa shape index (κ2) is 14.4. The van der Waals surface area contributed by atoms with E-state index in [2.05, 4.69) is 4.52 Å². The van der Waals surface area contributed by atoms with Crippen molar-refractivity contribution in [1.29, 1.82) is 0 Å². The van der Waals surface area contributed by atoms with Gasteiger partial charge in [0.25, 0.3) is 0 Å². The van der Waals surface area contributed by atoms with Gasteiger partial charge in [0.1, 0.15) is 12.6 Å². The molecule has 2 atom stereocenters. The molecule has 9 nitrogen and oxygen atoms in total. The van der Waals surface area contributed by atoms with Crippen LogP contribution >= 0.6 is 7.82 Å². The maximum Gasteiger partial charge on any atom is 0.469 e. The summed E-state index contributed by atoms with van der Waals surface area (Å²) in [4.78, 5) is 35.4. The number of phosphoric acid groups is 1. The van der Waals surface area contributed by atoms with Crippen molar-refractivity contribution >= 4 is 20.4 Å². The summed E-state index contributed by atoms with van der Waals surface area (Å²) in [6, 6.07) is -1.67. The first-order valence-electron chi connectivity index (χ1n) is 4.99. The van der Waals surface area contributed by atoms with Crippen LogP contribution in [0.4, 0.5) is 0 Å². The molecule has 0 amide bonds. The summed E-state index contributed by atoms with van der Waals surface area (Å²) in [6.07, 6.45) is 0.843. The maximum absolute atomic E-state index is 9.95. The second-order valence-corrected chi connectivity index (χ2v) is 3.81. The number of hydrogen-bond donors (Lipinski definition) is 5. The fraction of sp³-hybridized carbons (Fsp3) is 0.750. The molecule has 0 aliphatic heterocycles. The van der Waals surface area contributed by atoms with Crippen molar-refractivity contribution in [3.8, 4) is 0 Å². The average Bonchev–Trinajstić information content (AvgIpc) is 2.37. The number of rotatable bonds is 6. The van der Waals surface area contributed by atoms with E-state index in [9.17, 15) is 14.2 Å². The Morgan fingerprint density at radius 3 is 1.72 bits per heavy atom. The Bertz CT molecular complexity index is 246. The minimum atomic E-state index is -4.47. The van der Waals surface area contributed by atoms with Gasteiger partial charge in [-0.15, -0.1) is 0 Å². The molecule has 0 saturated heterocycles. The van der Waals surface area contributed by atoms with Gasteiger partial charge in [-0.3, -0.25) is 4.52 Å². The summed E-state index contributed by atoms with van der Waals surface area (Å²) < 4.78 is 13.8. The van der Waals surface area contributed by atoms with Crippen molar-refractivity contribution < 1.29 is 33.6 Å². The number of aliphatic hydroxyl groups excluding tert-OH is 1. The van der Waals surface area contributed by atoms with Gasteiger partial charge in [-0.2, -0.15) is 0 Å². The van der Waals surface area contributed by atoms with E-state index in [-0.39, 0.29) is 6.61 Å². The van der Waals surface area contributed by atoms with Gasteiger partial charge in [0.15, 0.2) is 0 Å². The van der Waals surface area contributed by atoms with Crippen LogP contribution in [0, 0.1) is 0 Å². The van der Waals surface area contributed by atoms with Gasteiger partial charge in [-0.1, -0.05) is 13.8 Å². The van der Waals surface area contributed by atoms with Crippen LogP contribution in [0.1, 0.15) is 13.8 Å². The number of aldehydes is 2. The Labute approximate surface area is 105 Å². The van der Waals surface area contributed by atoms with Gasteiger partial charge < -0.3 is 35.9 Å². The lowest BCUT2D eigenvalue weighted by Gasteiger charge is -2.05. The Kier molecular flexibility index (Phi) is 18.0. The first-order valence-corrected chi connectivity index (χ1v) is 6.52. The molecular formula is C8H21N2O7P. The molecule has 0 radical (unpaired) electrons. The highest BCUT2D eigenvalue weighted by Crippen LogP contribution is 2.35. The summed E-state index contributed by atoms with van der Waals surface area (Å²) in [6.45, 7) is 3.28. The topological polar surface area (TPSA) is 173 Å². The highest BCUT2D eigenvalue weighted by molar-refractivity contribution is 7.46. The molecule has 2 unspecified atom stereocenters. The molecule has 10 heteroatoms. The van der Waals surface area contributed by atoms with Crippen LogP contribution in [0.5, 0.6) is 0 Å². The van der Waals surface area contributed by atoms with Crippen molar-refractivity contribution in [2.24, 2.45) is 11.5 Å². The summed E-state index contributed by atoms with van der Waals surface area (Å²) >= 11 is 0. The molecule has 0 aliphatic carbocycles. The number of nitrogens with two attached hydrogens (primary N) is 2. The standard InChI is InChI=1S/C3H8NO5P.C3H7NO2.C2H6/c4-3(1-5)2-9-10(6,7)8;4-3(1-5)2-6;1-2/h1,3H,2,4H2,(H2,6,7,8);1,3,6H,2,4H2;1-2H3. The Balaban J connectivity index is -0.000000241. The van der Waals surface area contributed by atoms with E-state index in [0.29, 0.717) is 12.6 Å². The third-order valence-corrected chi connectivity index (χ3v) is 1.48. The Hall–Kier alpha value is -0.670. The van der Waals surface area contributed by atoms with Crippen LogP contribution in [0.15, 0.2) is 0 Å². The molecule has 0 aromatic rings. The van der Waals surface area contributed by atoms with Crippen LogP contribution in [0.25, 0.3) is 0 Å². The molecule has 0 bridgehead atoms. The number of carbonyl (C=O) groups excluding carboxylic acids is 2. The summed E-state index contributed by atoms with van der Waals surface area (Å²) in [5.41, 5.74) is 9.80. The van der Waals surface area contributed by atoms with E-state index < -0.39 is 26.5 Å². The van der Waals surface area contributed by atoms with Crippen LogP contribution in [-0.4, -0.2) is 52.8 Å². The Morgan fingerprint density at radius 2 is 1.56 bits per heavy atom. The molecule has 18 heavy (non-hydrogen) atoms. The summed E-state index contributed by atoms with van der Waals surface area (Å²) in [5.74, 6) is 0. The lowest BCUT2D eigenvalue weighted by molar-refractivity contribution is -0.110. The van der Waals surface area contributed by atoms with Gasteiger partial charge in [-0.25, -0.2) is 4.57 Å². The highest BCUT2D eigenvalue weighted by Gasteiger charge is 2.15. The van der Waals surface area contributed by atoms with Gasteiger partial charge in [0, 0.05) is 0 Å². The number of carbonyl (C=O) groups is 2. The lowest BCUT2D eigenvalue weighted by atomic mass is 10.4. The monoisotopic (exact) mass is 288 g/mol. The molecule has 0 heterocycles. The van der Waals surface area contributed by atoms with Crippen molar-refractivity contribution in [3.63, 3.8) is 0 Å². The van der Waals surface area contributed by atoms with Crippen LogP contribution in [0.2, 0.25) is 0 Å². The fourth-order valence-corrected chi connectivity index (χ4v) is 0.632. The average molecular weight is 288 g/mol. The van der Waals surface area contributed by atoms with E-state index >= 15 is 0 Å². The minimum Gasteiger partial charge on any atom is -0.394 e. The van der Waals surface area contributed by atoms with E-state index in [1.165, 1.54) is 0 Å². The number of aliphatic hydroxyl groups is 1. The van der Waals surface area contributed by atoms with E-state index in [1.807, 2.05) is 13.8 Å². The molecule has 7 N–H and O–H groups in total. The molecule has 0 spiro atoms. The van der Waals surface area contributed by atoms with Crippen LogP contribution in [0.3, 0.4) is 0 Å². The third kappa shape index (κ3) is 24.5. The van der Waals surface area contributed by atoms with Crippen LogP contribution < -0.4 is 11.5 Å². The SMILES string of the molecule is CC.NC(C=O)CO.NC(C=O)COP(=O)(O)O. The predicted molar refractivity (Wildman–Crippen MR) is 64.5 cm³/mol. The minimum absolute atomic E-state index is 0.260. The van der Waals surface area contributed by atoms with E-state index in [0.717, 1.165) is 0 Å². The molecule has 0 aliphatic rings. The smallest absolute Gasteiger partial charge is 0.394 e. The molecular weight excluding hydrogens is 267 g/mol. The quantitative estimate of drug-likeness (QED) is 0.277. The molecule has 0 aromatic heterocycles. The lowest BCUT2D eigenvalue weighted by Crippen LogP contribution is -2.26. The van der Waals surface area contributed by atoms with Gasteiger partial charge >= 0.3 is 7.82 Å². The van der Waals surface area contributed by atoms with E-state index in [1.54, 1.807) is 0 Å². The first-order chi connectivity index (χ1) is 8.26. The van der Waals surface area contributed by atoms with Crippen molar-refractivity contribution in [1.82, 2.24) is 0 Å².